The van der Waals surface area contributed by atoms with Crippen LogP contribution in [0.5, 0.6) is 0 Å². The van der Waals surface area contributed by atoms with Crippen LogP contribution < -0.4 is 5.73 Å². The van der Waals surface area contributed by atoms with Crippen molar-refractivity contribution in [1.29, 1.82) is 0 Å². The molecule has 94 valence electrons. The minimum atomic E-state index is 0.0161. The molecule has 0 radical (unpaired) electrons. The summed E-state index contributed by atoms with van der Waals surface area (Å²) in [6.45, 7) is 4.25. The highest BCUT2D eigenvalue weighted by Gasteiger charge is 2.41. The fraction of sp³-hybridized carbons (Fsp3) is 0.846. The third-order valence-corrected chi connectivity index (χ3v) is 4.63. The van der Waals surface area contributed by atoms with Crippen molar-refractivity contribution >= 4 is 0 Å². The lowest BCUT2D eigenvalue weighted by molar-refractivity contribution is 0.302. The van der Waals surface area contributed by atoms with E-state index in [0.717, 1.165) is 17.5 Å². The lowest BCUT2D eigenvalue weighted by Gasteiger charge is -2.21. The van der Waals surface area contributed by atoms with E-state index in [0.29, 0.717) is 12.0 Å². The largest absolute Gasteiger partial charge is 0.322 e. The fourth-order valence-electron chi connectivity index (χ4n) is 3.48. The number of rotatable bonds is 3. The summed E-state index contributed by atoms with van der Waals surface area (Å²) in [5.41, 5.74) is 7.06. The van der Waals surface area contributed by atoms with Crippen molar-refractivity contribution < 1.29 is 0 Å². The van der Waals surface area contributed by atoms with Crippen LogP contribution in [-0.2, 0) is 0 Å². The quantitative estimate of drug-likeness (QED) is 0.873. The fourth-order valence-corrected chi connectivity index (χ4v) is 3.48. The Morgan fingerprint density at radius 2 is 2.18 bits per heavy atom. The van der Waals surface area contributed by atoms with Crippen molar-refractivity contribution in [2.75, 3.05) is 0 Å². The van der Waals surface area contributed by atoms with Crippen LogP contribution in [0.2, 0.25) is 0 Å². The molecule has 1 heterocycles. The van der Waals surface area contributed by atoms with Crippen molar-refractivity contribution in [1.82, 2.24) is 15.0 Å². The van der Waals surface area contributed by atoms with Crippen LogP contribution in [0.15, 0.2) is 6.20 Å². The average Bonchev–Trinajstić information content (AvgIpc) is 3.02. The molecule has 0 amide bonds. The molecule has 0 saturated heterocycles. The highest BCUT2D eigenvalue weighted by Crippen LogP contribution is 2.50. The zero-order valence-corrected chi connectivity index (χ0v) is 10.7. The summed E-state index contributed by atoms with van der Waals surface area (Å²) >= 11 is 0. The van der Waals surface area contributed by atoms with E-state index in [-0.39, 0.29) is 6.04 Å². The molecular formula is C13H22N4. The molecule has 2 saturated carbocycles. The first kappa shape index (κ1) is 11.2. The van der Waals surface area contributed by atoms with Crippen molar-refractivity contribution in [2.45, 2.75) is 51.6 Å². The minimum absolute atomic E-state index is 0.0161. The third kappa shape index (κ3) is 1.88. The van der Waals surface area contributed by atoms with Gasteiger partial charge in [-0.25, -0.2) is 4.68 Å². The molecule has 1 aromatic heterocycles. The molecule has 2 fully saturated rings. The number of aromatic nitrogens is 3. The van der Waals surface area contributed by atoms with Crippen LogP contribution in [0.25, 0.3) is 0 Å². The van der Waals surface area contributed by atoms with Crippen molar-refractivity contribution in [3.05, 3.63) is 11.9 Å². The lowest BCUT2D eigenvalue weighted by Crippen LogP contribution is -2.18. The van der Waals surface area contributed by atoms with Crippen LogP contribution in [0, 0.1) is 17.8 Å². The summed E-state index contributed by atoms with van der Waals surface area (Å²) < 4.78 is 2.08. The first-order valence-electron chi connectivity index (χ1n) is 6.82. The van der Waals surface area contributed by atoms with Gasteiger partial charge >= 0.3 is 0 Å². The van der Waals surface area contributed by atoms with E-state index >= 15 is 0 Å². The van der Waals surface area contributed by atoms with Gasteiger partial charge in [0.25, 0.3) is 0 Å². The standard InChI is InChI=1S/C13H22N4/c1-8(2)13(14)11-7-17(16-15-11)12-6-9-3-4-10(12)5-9/h7-10,12-13H,3-6,14H2,1-2H3. The Hall–Kier alpha value is -0.900. The Morgan fingerprint density at radius 3 is 2.76 bits per heavy atom. The number of fused-ring (bicyclic) bond motifs is 2. The maximum Gasteiger partial charge on any atom is 0.0996 e. The Bertz CT molecular complexity index is 398. The second kappa shape index (κ2) is 4.09. The van der Waals surface area contributed by atoms with E-state index in [9.17, 15) is 0 Å². The van der Waals surface area contributed by atoms with Crippen LogP contribution >= 0.6 is 0 Å². The summed E-state index contributed by atoms with van der Waals surface area (Å²) in [5, 5.41) is 8.56. The molecule has 4 unspecified atom stereocenters. The topological polar surface area (TPSA) is 56.7 Å². The van der Waals surface area contributed by atoms with Crippen molar-refractivity contribution in [2.24, 2.45) is 23.5 Å². The van der Waals surface area contributed by atoms with E-state index < -0.39 is 0 Å². The molecule has 2 aliphatic rings. The van der Waals surface area contributed by atoms with Gasteiger partial charge in [0.1, 0.15) is 0 Å². The van der Waals surface area contributed by atoms with Gasteiger partial charge in [0.15, 0.2) is 0 Å². The molecule has 2 aliphatic carbocycles. The van der Waals surface area contributed by atoms with E-state index in [4.69, 9.17) is 5.73 Å². The molecule has 2 bridgehead atoms. The molecule has 0 spiro atoms. The zero-order valence-electron chi connectivity index (χ0n) is 10.7. The number of nitrogens with zero attached hydrogens (tertiary/aromatic N) is 3. The number of hydrogen-bond acceptors (Lipinski definition) is 3. The highest BCUT2D eigenvalue weighted by atomic mass is 15.4. The first-order valence-corrected chi connectivity index (χ1v) is 6.82. The Morgan fingerprint density at radius 1 is 1.35 bits per heavy atom. The second-order valence-corrected chi connectivity index (χ2v) is 6.14. The summed E-state index contributed by atoms with van der Waals surface area (Å²) in [4.78, 5) is 0. The normalized spacial score (nSPS) is 33.5. The number of hydrogen-bond donors (Lipinski definition) is 1. The van der Waals surface area contributed by atoms with Gasteiger partial charge in [-0.1, -0.05) is 25.5 Å². The van der Waals surface area contributed by atoms with Gasteiger partial charge < -0.3 is 5.73 Å². The Kier molecular flexibility index (Phi) is 2.69. The van der Waals surface area contributed by atoms with Crippen LogP contribution in [0.3, 0.4) is 0 Å². The highest BCUT2D eigenvalue weighted by molar-refractivity contribution is 5.03. The van der Waals surface area contributed by atoms with E-state index in [2.05, 4.69) is 35.0 Å². The third-order valence-electron chi connectivity index (χ3n) is 4.63. The van der Waals surface area contributed by atoms with Crippen LogP contribution in [0.1, 0.15) is 57.3 Å². The first-order chi connectivity index (χ1) is 8.15. The van der Waals surface area contributed by atoms with Crippen molar-refractivity contribution in [3.8, 4) is 0 Å². The maximum absolute atomic E-state index is 6.11. The molecule has 0 aromatic carbocycles. The molecule has 2 N–H and O–H groups in total. The summed E-state index contributed by atoms with van der Waals surface area (Å²) in [6.07, 6.45) is 7.57. The molecule has 17 heavy (non-hydrogen) atoms. The summed E-state index contributed by atoms with van der Waals surface area (Å²) in [5.74, 6) is 2.20. The lowest BCUT2D eigenvalue weighted by atomic mass is 9.95. The SMILES string of the molecule is CC(C)C(N)c1cn(C2CC3CCC2C3)nn1. The molecule has 4 nitrogen and oxygen atoms in total. The zero-order chi connectivity index (χ0) is 12.0. The smallest absolute Gasteiger partial charge is 0.0996 e. The van der Waals surface area contributed by atoms with Crippen LogP contribution in [0.4, 0.5) is 0 Å². The summed E-state index contributed by atoms with van der Waals surface area (Å²) in [7, 11) is 0. The monoisotopic (exact) mass is 234 g/mol. The van der Waals surface area contributed by atoms with Gasteiger partial charge in [-0.2, -0.15) is 0 Å². The molecule has 4 heteroatoms. The predicted molar refractivity (Wildman–Crippen MR) is 66.3 cm³/mol. The van der Waals surface area contributed by atoms with E-state index in [1.54, 1.807) is 0 Å². The number of nitrogens with two attached hydrogens (primary N) is 1. The Balaban J connectivity index is 1.77. The second-order valence-electron chi connectivity index (χ2n) is 6.14. The average molecular weight is 234 g/mol. The van der Waals surface area contributed by atoms with E-state index in [1.165, 1.54) is 25.7 Å². The van der Waals surface area contributed by atoms with E-state index in [1.807, 2.05) is 0 Å². The van der Waals surface area contributed by atoms with Crippen molar-refractivity contribution in [3.63, 3.8) is 0 Å². The van der Waals surface area contributed by atoms with Crippen LogP contribution in [-0.4, -0.2) is 15.0 Å². The molecular weight excluding hydrogens is 212 g/mol. The van der Waals surface area contributed by atoms with Gasteiger partial charge in [0.05, 0.1) is 24.0 Å². The predicted octanol–water partition coefficient (Wildman–Crippen LogP) is 2.29. The minimum Gasteiger partial charge on any atom is -0.322 e. The molecule has 0 aliphatic heterocycles. The maximum atomic E-state index is 6.11. The van der Waals surface area contributed by atoms with Gasteiger partial charge in [0.2, 0.25) is 0 Å². The van der Waals surface area contributed by atoms with Gasteiger partial charge in [0, 0.05) is 0 Å². The molecule has 4 atom stereocenters. The summed E-state index contributed by atoms with van der Waals surface area (Å²) in [6, 6.07) is 0.608. The van der Waals surface area contributed by atoms with Gasteiger partial charge in [-0.05, 0) is 37.0 Å². The Labute approximate surface area is 103 Å². The molecule has 3 rings (SSSR count). The molecule has 1 aromatic rings. The van der Waals surface area contributed by atoms with Gasteiger partial charge in [-0.3, -0.25) is 0 Å². The van der Waals surface area contributed by atoms with Gasteiger partial charge in [-0.15, -0.1) is 5.10 Å².